The van der Waals surface area contributed by atoms with Gasteiger partial charge in [0.05, 0.1) is 0 Å². The second kappa shape index (κ2) is 5.91. The normalized spacial score (nSPS) is 46.6. The quantitative estimate of drug-likeness (QED) is 0.769. The Bertz CT molecular complexity index is 729. The first-order valence-electron chi connectivity index (χ1n) is 11.0. The fourth-order valence-corrected chi connectivity index (χ4v) is 6.56. The van der Waals surface area contributed by atoms with E-state index in [-0.39, 0.29) is 6.23 Å². The van der Waals surface area contributed by atoms with Crippen molar-refractivity contribution in [1.82, 2.24) is 5.32 Å². The molecule has 0 amide bonds. The minimum absolute atomic E-state index is 0.280. The van der Waals surface area contributed by atoms with Gasteiger partial charge in [-0.1, -0.05) is 13.0 Å². The molecular weight excluding hydrogens is 316 g/mol. The maximum absolute atomic E-state index is 7.68. The summed E-state index contributed by atoms with van der Waals surface area (Å²) in [6.45, 7) is 0.253. The van der Waals surface area contributed by atoms with Gasteiger partial charge >= 0.3 is 0 Å². The molecule has 3 nitrogen and oxygen atoms in total. The van der Waals surface area contributed by atoms with Gasteiger partial charge in [0, 0.05) is 39.5 Å². The van der Waals surface area contributed by atoms with E-state index in [0.717, 1.165) is 31.4 Å². The van der Waals surface area contributed by atoms with Crippen molar-refractivity contribution in [2.45, 2.75) is 70.6 Å². The minimum Gasteiger partial charge on any atom is -0.472 e. The fraction of sp³-hybridized carbons (Fsp3) is 0.750. The van der Waals surface area contributed by atoms with Crippen molar-refractivity contribution in [3.8, 4) is 0 Å². The van der Waals surface area contributed by atoms with E-state index in [2.05, 4.69) is 23.3 Å². The molecule has 0 aromatic carbocycles. The van der Waals surface area contributed by atoms with Crippen LogP contribution in [-0.4, -0.2) is 29.8 Å². The third kappa shape index (κ3) is 2.40. The first kappa shape index (κ1) is 12.6. The fourth-order valence-electron chi connectivity index (χ4n) is 5.21. The van der Waals surface area contributed by atoms with Gasteiger partial charge in [-0.15, -0.1) is 11.8 Å². The topological polar surface area (TPSA) is 33.6 Å². The monoisotopic (exact) mass is 347 g/mol. The van der Waals surface area contributed by atoms with Crippen molar-refractivity contribution in [1.29, 1.82) is 0 Å². The molecule has 0 spiro atoms. The highest BCUT2D eigenvalue weighted by Gasteiger charge is 2.46. The maximum Gasteiger partial charge on any atom is 0.192 e. The number of nitrogens with zero attached hydrogens (tertiary/aromatic N) is 1. The standard InChI is InChI=1S/C20H28N2OS/c1-11-10-24-17-9-8-16(22-18(11)17)15-5-3-4-13-14-7-6-12(2)21-20(14)23-19(13)15/h9,11,13-14,16,18,20,22H,3-8,10H2,1-2H3/t11-,13?,14?,16-,18-,20?/m1/s1/i2D3. The third-order valence-electron chi connectivity index (χ3n) is 6.49. The summed E-state index contributed by atoms with van der Waals surface area (Å²) in [5.41, 5.74) is 1.79. The number of hydrogen-bond acceptors (Lipinski definition) is 4. The lowest BCUT2D eigenvalue weighted by molar-refractivity contribution is 0.127. The summed E-state index contributed by atoms with van der Waals surface area (Å²) < 4.78 is 29.4. The van der Waals surface area contributed by atoms with Crippen LogP contribution >= 0.6 is 11.8 Å². The van der Waals surface area contributed by atoms with Crippen LogP contribution < -0.4 is 5.32 Å². The Labute approximate surface area is 153 Å². The zero-order valence-corrected chi connectivity index (χ0v) is 15.1. The summed E-state index contributed by atoms with van der Waals surface area (Å²) in [5, 5.41) is 3.91. The van der Waals surface area contributed by atoms with Gasteiger partial charge in [0.15, 0.2) is 6.23 Å². The second-order valence-corrected chi connectivity index (χ2v) is 9.10. The van der Waals surface area contributed by atoms with Gasteiger partial charge in [-0.05, 0) is 61.8 Å². The van der Waals surface area contributed by atoms with Crippen LogP contribution in [0, 0.1) is 17.8 Å². The Kier molecular flexibility index (Phi) is 3.10. The number of rotatable bonds is 1. The molecule has 2 fully saturated rings. The largest absolute Gasteiger partial charge is 0.472 e. The van der Waals surface area contributed by atoms with Gasteiger partial charge in [0.1, 0.15) is 5.76 Å². The van der Waals surface area contributed by atoms with Crippen molar-refractivity contribution in [3.05, 3.63) is 22.3 Å². The molecule has 4 heterocycles. The molecule has 4 aliphatic heterocycles. The molecular formula is C20H28N2OS. The van der Waals surface area contributed by atoms with E-state index in [9.17, 15) is 0 Å². The summed E-state index contributed by atoms with van der Waals surface area (Å²) in [5.74, 6) is 3.82. The van der Waals surface area contributed by atoms with Crippen LogP contribution in [0.25, 0.3) is 0 Å². The van der Waals surface area contributed by atoms with Crippen LogP contribution in [0.2, 0.25) is 0 Å². The van der Waals surface area contributed by atoms with E-state index < -0.39 is 6.85 Å². The van der Waals surface area contributed by atoms with Crippen LogP contribution in [0.1, 0.15) is 56.4 Å². The van der Waals surface area contributed by atoms with Gasteiger partial charge in [0.25, 0.3) is 0 Å². The van der Waals surface area contributed by atoms with Crippen LogP contribution in [0.3, 0.4) is 0 Å². The molecule has 0 bridgehead atoms. The van der Waals surface area contributed by atoms with Crippen molar-refractivity contribution in [3.63, 3.8) is 0 Å². The van der Waals surface area contributed by atoms with E-state index in [0.29, 0.717) is 42.0 Å². The van der Waals surface area contributed by atoms with Gasteiger partial charge in [-0.2, -0.15) is 0 Å². The lowest BCUT2D eigenvalue weighted by Gasteiger charge is -2.34. The number of thioether (sulfide) groups is 1. The molecule has 130 valence electrons. The third-order valence-corrected chi connectivity index (χ3v) is 7.93. The van der Waals surface area contributed by atoms with E-state index in [1.165, 1.54) is 22.7 Å². The SMILES string of the molecule is [2H]C([2H])([2H])C1=NC2OC3=C([C@H]4CC=C5SC[C@@H](C)[C@H]5N4)CCCC3C2CC1. The summed E-state index contributed by atoms with van der Waals surface area (Å²) in [7, 11) is 0. The number of ether oxygens (including phenoxy) is 1. The molecule has 0 aromatic heterocycles. The highest BCUT2D eigenvalue weighted by molar-refractivity contribution is 8.03. The molecule has 5 aliphatic rings. The highest BCUT2D eigenvalue weighted by atomic mass is 32.2. The summed E-state index contributed by atoms with van der Waals surface area (Å²) >= 11 is 2.00. The number of allylic oxidation sites excluding steroid dienone is 1. The Morgan fingerprint density at radius 3 is 3.25 bits per heavy atom. The lowest BCUT2D eigenvalue weighted by Crippen LogP contribution is -2.45. The lowest BCUT2D eigenvalue weighted by atomic mass is 9.76. The predicted octanol–water partition coefficient (Wildman–Crippen LogP) is 4.27. The molecule has 6 atom stereocenters. The molecule has 1 N–H and O–H groups in total. The predicted molar refractivity (Wildman–Crippen MR) is 100 cm³/mol. The average molecular weight is 348 g/mol. The van der Waals surface area contributed by atoms with Crippen LogP contribution in [0.5, 0.6) is 0 Å². The van der Waals surface area contributed by atoms with Crippen LogP contribution in [0.15, 0.2) is 27.3 Å². The molecule has 0 radical (unpaired) electrons. The molecule has 2 saturated heterocycles. The van der Waals surface area contributed by atoms with Gasteiger partial charge in [0.2, 0.25) is 0 Å². The molecule has 0 aromatic rings. The van der Waals surface area contributed by atoms with Crippen LogP contribution in [-0.2, 0) is 4.74 Å². The smallest absolute Gasteiger partial charge is 0.192 e. The van der Waals surface area contributed by atoms with Crippen LogP contribution in [0.4, 0.5) is 0 Å². The molecule has 3 unspecified atom stereocenters. The number of nitrogens with one attached hydrogen (secondary N) is 1. The van der Waals surface area contributed by atoms with Crippen molar-refractivity contribution in [2.75, 3.05) is 5.75 Å². The summed E-state index contributed by atoms with van der Waals surface area (Å²) in [4.78, 5) is 6.06. The maximum atomic E-state index is 7.68. The Hall–Kier alpha value is -0.740. The van der Waals surface area contributed by atoms with Crippen molar-refractivity contribution < 1.29 is 8.85 Å². The molecule has 5 rings (SSSR count). The molecule has 24 heavy (non-hydrogen) atoms. The molecule has 1 aliphatic carbocycles. The second-order valence-electron chi connectivity index (χ2n) is 8.00. The molecule has 4 heteroatoms. The van der Waals surface area contributed by atoms with E-state index in [1.807, 2.05) is 11.8 Å². The minimum atomic E-state index is -2.08. The zero-order valence-electron chi connectivity index (χ0n) is 17.3. The Morgan fingerprint density at radius 2 is 2.33 bits per heavy atom. The number of fused-ring (bicyclic) bond motifs is 4. The highest BCUT2D eigenvalue weighted by Crippen LogP contribution is 2.49. The number of aliphatic imine (C=N–C) groups is 1. The van der Waals surface area contributed by atoms with E-state index in [1.54, 1.807) is 0 Å². The summed E-state index contributed by atoms with van der Waals surface area (Å²) in [6.07, 6.45) is 8.13. The number of hydrogen-bond donors (Lipinski definition) is 1. The Morgan fingerprint density at radius 1 is 1.38 bits per heavy atom. The van der Waals surface area contributed by atoms with E-state index >= 15 is 0 Å². The van der Waals surface area contributed by atoms with Gasteiger partial charge < -0.3 is 10.1 Å². The van der Waals surface area contributed by atoms with Crippen molar-refractivity contribution >= 4 is 17.5 Å². The first-order valence-corrected chi connectivity index (χ1v) is 10.5. The van der Waals surface area contributed by atoms with Gasteiger partial charge in [-0.3, -0.25) is 4.99 Å². The average Bonchev–Trinajstić information content (AvgIpc) is 3.20. The van der Waals surface area contributed by atoms with Crippen molar-refractivity contribution in [2.24, 2.45) is 22.7 Å². The first-order chi connectivity index (χ1) is 12.9. The van der Waals surface area contributed by atoms with E-state index in [4.69, 9.17) is 8.85 Å². The summed E-state index contributed by atoms with van der Waals surface area (Å²) in [6, 6.07) is 0.856. The Balaban J connectivity index is 1.42. The van der Waals surface area contributed by atoms with Gasteiger partial charge in [-0.25, -0.2) is 0 Å². The zero-order chi connectivity index (χ0) is 18.8. The molecule has 0 saturated carbocycles.